The molecule has 0 spiro atoms. The van der Waals surface area contributed by atoms with Crippen molar-refractivity contribution in [3.8, 4) is 11.5 Å². The van der Waals surface area contributed by atoms with Gasteiger partial charge >= 0.3 is 0 Å². The second kappa shape index (κ2) is 37.3. The lowest BCUT2D eigenvalue weighted by molar-refractivity contribution is 0.295. The smallest absolute Gasteiger partial charge is 0.127 e. The van der Waals surface area contributed by atoms with Crippen molar-refractivity contribution in [3.05, 3.63) is 71.3 Å². The molecule has 3 aromatic rings. The van der Waals surface area contributed by atoms with E-state index in [1.54, 1.807) is 0 Å². The Morgan fingerprint density at radius 2 is 0.645 bits per heavy atom. The fourth-order valence-corrected chi connectivity index (χ4v) is 8.68. The van der Waals surface area contributed by atoms with E-state index in [1.165, 1.54) is 204 Å². The lowest BCUT2D eigenvalue weighted by atomic mass is 10.1. The molecule has 0 aliphatic carbocycles. The number of hydrogen-bond acceptors (Lipinski definition) is 2. The molecule has 1 aromatic carbocycles. The van der Waals surface area contributed by atoms with Crippen molar-refractivity contribution in [2.75, 3.05) is 13.2 Å². The summed E-state index contributed by atoms with van der Waals surface area (Å²) in [6.07, 6.45) is 56.0. The van der Waals surface area contributed by atoms with Crippen molar-refractivity contribution >= 4 is 24.3 Å². The average Bonchev–Trinajstić information content (AvgIpc) is 3.95. The summed E-state index contributed by atoms with van der Waals surface area (Å²) in [6.45, 7) is 12.8. The van der Waals surface area contributed by atoms with Gasteiger partial charge in [0.2, 0.25) is 0 Å². The molecule has 0 saturated heterocycles. The van der Waals surface area contributed by atoms with Gasteiger partial charge in [0.1, 0.15) is 11.5 Å². The second-order valence-corrected chi connectivity index (χ2v) is 18.4. The first-order valence-corrected chi connectivity index (χ1v) is 26.8. The topological polar surface area (TPSA) is 28.3 Å². The molecular formula is C58H96N2O2. The first-order chi connectivity index (χ1) is 30.7. The number of aromatic nitrogens is 2. The molecule has 0 fully saturated rings. The van der Waals surface area contributed by atoms with E-state index in [9.17, 15) is 0 Å². The van der Waals surface area contributed by atoms with Gasteiger partial charge in [-0.1, -0.05) is 207 Å². The van der Waals surface area contributed by atoms with Crippen LogP contribution in [0.25, 0.3) is 24.3 Å². The third-order valence-electron chi connectivity index (χ3n) is 12.8. The standard InChI is InChI=1S/C58H96N2O2/c1-5-9-13-17-21-23-25-27-29-33-45-59-47-37-39-55(59)43-41-53-51-58(62-50-36-32-20-16-12-8-4)54(52-57(53)61-49-35-31-19-15-11-7-3)42-44-56-40-38-48-60(56)46-34-30-28-26-24-22-18-14-10-6-2/h37-44,47-48,51-52H,5-36,45-46,49-50H2,1-4H3/b43-41+,44-42+. The van der Waals surface area contributed by atoms with Gasteiger partial charge in [-0.25, -0.2) is 0 Å². The maximum Gasteiger partial charge on any atom is 0.127 e. The zero-order valence-electron chi connectivity index (χ0n) is 41.1. The Bertz CT molecular complexity index is 1410. The van der Waals surface area contributed by atoms with Crippen LogP contribution in [-0.4, -0.2) is 22.3 Å². The van der Waals surface area contributed by atoms with Crippen molar-refractivity contribution in [3.63, 3.8) is 0 Å². The minimum atomic E-state index is 0.741. The molecule has 2 aromatic heterocycles. The summed E-state index contributed by atoms with van der Waals surface area (Å²) in [7, 11) is 0. The van der Waals surface area contributed by atoms with Crippen molar-refractivity contribution in [1.82, 2.24) is 9.13 Å². The maximum absolute atomic E-state index is 6.68. The van der Waals surface area contributed by atoms with Crippen LogP contribution in [0.4, 0.5) is 0 Å². The molecule has 0 aliphatic heterocycles. The van der Waals surface area contributed by atoms with E-state index in [0.717, 1.165) is 61.8 Å². The normalized spacial score (nSPS) is 11.8. The van der Waals surface area contributed by atoms with E-state index < -0.39 is 0 Å². The quantitative estimate of drug-likeness (QED) is 0.0531. The van der Waals surface area contributed by atoms with E-state index in [4.69, 9.17) is 9.47 Å². The summed E-state index contributed by atoms with van der Waals surface area (Å²) in [5, 5.41) is 0. The molecule has 0 atom stereocenters. The largest absolute Gasteiger partial charge is 0.493 e. The SMILES string of the molecule is CCCCCCCCCCCCn1cccc1/C=C/c1cc(OCCCCCCCC)c(/C=C/c2cccn2CCCCCCCCCCCC)cc1OCCCCCCCC. The highest BCUT2D eigenvalue weighted by Gasteiger charge is 2.12. The van der Waals surface area contributed by atoms with Crippen LogP contribution in [0.15, 0.2) is 48.8 Å². The molecule has 4 nitrogen and oxygen atoms in total. The first kappa shape index (κ1) is 53.2. The van der Waals surface area contributed by atoms with Crippen LogP contribution in [0.3, 0.4) is 0 Å². The molecule has 0 unspecified atom stereocenters. The van der Waals surface area contributed by atoms with Gasteiger partial charge in [-0.05, 0) is 86.4 Å². The Kier molecular flexibility index (Phi) is 32.0. The highest BCUT2D eigenvalue weighted by atomic mass is 16.5. The second-order valence-electron chi connectivity index (χ2n) is 18.4. The van der Waals surface area contributed by atoms with Crippen LogP contribution in [0.1, 0.15) is 256 Å². The summed E-state index contributed by atoms with van der Waals surface area (Å²) in [5.41, 5.74) is 4.71. The van der Waals surface area contributed by atoms with E-state index in [1.807, 2.05) is 0 Å². The molecule has 2 heterocycles. The molecule has 3 rings (SSSR count). The number of aryl methyl sites for hydroxylation is 2. The van der Waals surface area contributed by atoms with Crippen LogP contribution >= 0.6 is 0 Å². The van der Waals surface area contributed by atoms with Crippen molar-refractivity contribution in [1.29, 1.82) is 0 Å². The fraction of sp³-hybridized carbons (Fsp3) is 0.690. The third-order valence-corrected chi connectivity index (χ3v) is 12.8. The minimum absolute atomic E-state index is 0.741. The monoisotopic (exact) mass is 853 g/mol. The molecule has 0 aliphatic rings. The number of unbranched alkanes of at least 4 members (excludes halogenated alkanes) is 28. The van der Waals surface area contributed by atoms with Gasteiger partial charge in [0.15, 0.2) is 0 Å². The lowest BCUT2D eigenvalue weighted by Gasteiger charge is -2.16. The van der Waals surface area contributed by atoms with Crippen molar-refractivity contribution < 1.29 is 9.47 Å². The predicted molar refractivity (Wildman–Crippen MR) is 275 cm³/mol. The Morgan fingerprint density at radius 3 is 0.968 bits per heavy atom. The summed E-state index contributed by atoms with van der Waals surface area (Å²) >= 11 is 0. The highest BCUT2D eigenvalue weighted by Crippen LogP contribution is 2.33. The summed E-state index contributed by atoms with van der Waals surface area (Å²) in [4.78, 5) is 0. The number of ether oxygens (including phenoxy) is 2. The van der Waals surface area contributed by atoms with Gasteiger partial charge in [-0.2, -0.15) is 0 Å². The average molecular weight is 853 g/mol. The number of rotatable bonds is 42. The van der Waals surface area contributed by atoms with Crippen molar-refractivity contribution in [2.45, 2.75) is 246 Å². The predicted octanol–water partition coefficient (Wildman–Crippen LogP) is 19.0. The van der Waals surface area contributed by atoms with Crippen LogP contribution < -0.4 is 9.47 Å². The molecular weight excluding hydrogens is 757 g/mol. The number of hydrogen-bond donors (Lipinski definition) is 0. The number of benzene rings is 1. The zero-order valence-corrected chi connectivity index (χ0v) is 41.1. The van der Waals surface area contributed by atoms with Crippen LogP contribution in [0.5, 0.6) is 11.5 Å². The number of nitrogens with zero attached hydrogens (tertiary/aromatic N) is 2. The van der Waals surface area contributed by atoms with E-state index in [2.05, 4.69) is 110 Å². The Labute approximate surface area is 383 Å². The molecule has 0 amide bonds. The van der Waals surface area contributed by atoms with Gasteiger partial charge in [-0.3, -0.25) is 0 Å². The van der Waals surface area contributed by atoms with Gasteiger partial charge < -0.3 is 18.6 Å². The van der Waals surface area contributed by atoms with Gasteiger partial charge in [0.05, 0.1) is 13.2 Å². The first-order valence-electron chi connectivity index (χ1n) is 26.8. The lowest BCUT2D eigenvalue weighted by Crippen LogP contribution is -2.03. The van der Waals surface area contributed by atoms with Gasteiger partial charge in [-0.15, -0.1) is 0 Å². The molecule has 62 heavy (non-hydrogen) atoms. The molecule has 0 bridgehead atoms. The molecule has 0 radical (unpaired) electrons. The van der Waals surface area contributed by atoms with E-state index in [0.29, 0.717) is 0 Å². The van der Waals surface area contributed by atoms with Crippen molar-refractivity contribution in [2.24, 2.45) is 0 Å². The highest BCUT2D eigenvalue weighted by molar-refractivity contribution is 5.78. The Hall–Kier alpha value is -3.14. The summed E-state index contributed by atoms with van der Waals surface area (Å²) < 4.78 is 18.2. The Balaban J connectivity index is 1.73. The van der Waals surface area contributed by atoms with Gasteiger partial charge in [0.25, 0.3) is 0 Å². The zero-order chi connectivity index (χ0) is 44.0. The molecule has 350 valence electrons. The maximum atomic E-state index is 6.68. The fourth-order valence-electron chi connectivity index (χ4n) is 8.68. The minimum Gasteiger partial charge on any atom is -0.493 e. The van der Waals surface area contributed by atoms with E-state index >= 15 is 0 Å². The van der Waals surface area contributed by atoms with E-state index in [-0.39, 0.29) is 0 Å². The van der Waals surface area contributed by atoms with Crippen LogP contribution in [-0.2, 0) is 13.1 Å². The molecule has 0 saturated carbocycles. The summed E-state index contributed by atoms with van der Waals surface area (Å²) in [6, 6.07) is 13.4. The van der Waals surface area contributed by atoms with Crippen LogP contribution in [0.2, 0.25) is 0 Å². The van der Waals surface area contributed by atoms with Crippen LogP contribution in [0, 0.1) is 0 Å². The molecule has 4 heteroatoms. The molecule has 0 N–H and O–H groups in total. The summed E-state index contributed by atoms with van der Waals surface area (Å²) in [5.74, 6) is 1.91. The third kappa shape index (κ3) is 24.6. The Morgan fingerprint density at radius 1 is 0.355 bits per heavy atom. The van der Waals surface area contributed by atoms with Gasteiger partial charge in [0, 0.05) is 48.0 Å².